The molecule has 0 bridgehead atoms. The van der Waals surface area contributed by atoms with Crippen LogP contribution >= 0.6 is 12.4 Å². The Morgan fingerprint density at radius 3 is 2.96 bits per heavy atom. The second-order valence-corrected chi connectivity index (χ2v) is 6.53. The number of fused-ring (bicyclic) bond motifs is 1. The van der Waals surface area contributed by atoms with E-state index in [-0.39, 0.29) is 24.2 Å². The van der Waals surface area contributed by atoms with E-state index in [0.29, 0.717) is 25.2 Å². The molecule has 4 heterocycles. The number of halogens is 1. The minimum absolute atomic E-state index is 0. The number of hydrogen-bond donors (Lipinski definition) is 3. The van der Waals surface area contributed by atoms with E-state index < -0.39 is 6.04 Å². The van der Waals surface area contributed by atoms with E-state index in [1.165, 1.54) is 0 Å². The van der Waals surface area contributed by atoms with Crippen molar-refractivity contribution in [1.82, 2.24) is 30.6 Å². The first-order valence-corrected chi connectivity index (χ1v) is 8.44. The number of anilines is 1. The summed E-state index contributed by atoms with van der Waals surface area (Å²) >= 11 is 0. The monoisotopic (exact) mass is 379 g/mol. The van der Waals surface area contributed by atoms with Gasteiger partial charge in [0.05, 0.1) is 5.69 Å². The van der Waals surface area contributed by atoms with Crippen LogP contribution in [0.2, 0.25) is 0 Å². The highest BCUT2D eigenvalue weighted by molar-refractivity contribution is 6.03. The van der Waals surface area contributed by atoms with E-state index in [4.69, 9.17) is 0 Å². The molecule has 4 rings (SSSR count). The van der Waals surface area contributed by atoms with Gasteiger partial charge in [-0.1, -0.05) is 0 Å². The SMILES string of the molecule is Cc1cc(N2CCC(NC(=O)c3n[nH]c4c3CNCC4)C2=O)n(C)n1.Cl. The third-order valence-corrected chi connectivity index (χ3v) is 4.79. The van der Waals surface area contributed by atoms with Crippen molar-refractivity contribution >= 4 is 30.0 Å². The molecular weight excluding hydrogens is 358 g/mol. The molecule has 0 spiro atoms. The van der Waals surface area contributed by atoms with Gasteiger partial charge in [0.25, 0.3) is 11.8 Å². The minimum Gasteiger partial charge on any atom is -0.339 e. The number of carbonyl (C=O) groups is 2. The molecule has 1 fully saturated rings. The lowest BCUT2D eigenvalue weighted by Gasteiger charge is -2.17. The van der Waals surface area contributed by atoms with E-state index in [1.54, 1.807) is 9.58 Å². The fraction of sp³-hybridized carbons (Fsp3) is 0.500. The minimum atomic E-state index is -0.536. The molecule has 9 nitrogen and oxygen atoms in total. The average Bonchev–Trinajstić information content (AvgIpc) is 3.26. The average molecular weight is 380 g/mol. The maximum Gasteiger partial charge on any atom is 0.272 e. The fourth-order valence-electron chi connectivity index (χ4n) is 3.53. The highest BCUT2D eigenvalue weighted by Crippen LogP contribution is 2.22. The van der Waals surface area contributed by atoms with Gasteiger partial charge in [-0.25, -0.2) is 0 Å². The molecular formula is C16H22ClN7O2. The molecule has 26 heavy (non-hydrogen) atoms. The van der Waals surface area contributed by atoms with Crippen LogP contribution in [0.25, 0.3) is 0 Å². The third-order valence-electron chi connectivity index (χ3n) is 4.79. The van der Waals surface area contributed by atoms with Crippen molar-refractivity contribution in [3.8, 4) is 0 Å². The summed E-state index contributed by atoms with van der Waals surface area (Å²) in [7, 11) is 1.81. The summed E-state index contributed by atoms with van der Waals surface area (Å²) in [5.74, 6) is 0.335. The number of aromatic nitrogens is 4. The van der Waals surface area contributed by atoms with Crippen LogP contribution in [0.5, 0.6) is 0 Å². The van der Waals surface area contributed by atoms with Crippen LogP contribution in [0.1, 0.15) is 33.9 Å². The first kappa shape index (κ1) is 18.4. The zero-order chi connectivity index (χ0) is 17.6. The Labute approximate surface area is 156 Å². The molecule has 0 saturated carbocycles. The second-order valence-electron chi connectivity index (χ2n) is 6.53. The molecule has 2 aromatic rings. The Morgan fingerprint density at radius 2 is 2.23 bits per heavy atom. The van der Waals surface area contributed by atoms with Crippen LogP contribution in [0.15, 0.2) is 6.07 Å². The van der Waals surface area contributed by atoms with E-state index in [0.717, 1.165) is 35.7 Å². The Morgan fingerprint density at radius 1 is 1.42 bits per heavy atom. The highest BCUT2D eigenvalue weighted by Gasteiger charge is 2.36. The standard InChI is InChI=1S/C16H21N7O2.ClH/c1-9-7-13(22(2)21-9)23-6-4-12(16(23)25)18-15(24)14-10-8-17-5-3-11(10)19-20-14;/h7,12,17H,3-6,8H2,1-2H3,(H,18,24)(H,19,20);1H. The molecule has 3 N–H and O–H groups in total. The van der Waals surface area contributed by atoms with Gasteiger partial charge in [-0.3, -0.25) is 24.3 Å². The lowest BCUT2D eigenvalue weighted by atomic mass is 10.1. The number of aryl methyl sites for hydroxylation is 2. The smallest absolute Gasteiger partial charge is 0.272 e. The number of carbonyl (C=O) groups excluding carboxylic acids is 2. The Hall–Kier alpha value is -2.39. The Kier molecular flexibility index (Phi) is 5.01. The molecule has 2 aliphatic rings. The van der Waals surface area contributed by atoms with Gasteiger partial charge in [-0.05, 0) is 13.3 Å². The van der Waals surface area contributed by atoms with Crippen LogP contribution < -0.4 is 15.5 Å². The van der Waals surface area contributed by atoms with Gasteiger partial charge in [0.15, 0.2) is 5.69 Å². The lowest BCUT2D eigenvalue weighted by molar-refractivity contribution is -0.118. The maximum atomic E-state index is 12.7. The number of aromatic amines is 1. The van der Waals surface area contributed by atoms with Crippen molar-refractivity contribution < 1.29 is 9.59 Å². The summed E-state index contributed by atoms with van der Waals surface area (Å²) in [4.78, 5) is 26.9. The van der Waals surface area contributed by atoms with Gasteiger partial charge in [-0.15, -0.1) is 12.4 Å². The van der Waals surface area contributed by atoms with Crippen molar-refractivity contribution in [3.05, 3.63) is 28.7 Å². The first-order chi connectivity index (χ1) is 12.0. The number of rotatable bonds is 3. The van der Waals surface area contributed by atoms with Crippen molar-refractivity contribution in [2.75, 3.05) is 18.0 Å². The number of nitrogens with zero attached hydrogens (tertiary/aromatic N) is 4. The van der Waals surface area contributed by atoms with Crippen LogP contribution in [0.4, 0.5) is 5.82 Å². The molecule has 1 unspecified atom stereocenters. The maximum absolute atomic E-state index is 12.7. The van der Waals surface area contributed by atoms with Gasteiger partial charge in [0.1, 0.15) is 11.9 Å². The summed E-state index contributed by atoms with van der Waals surface area (Å²) in [5, 5.41) is 17.4. The zero-order valence-electron chi connectivity index (χ0n) is 14.7. The summed E-state index contributed by atoms with van der Waals surface area (Å²) in [6.45, 7) is 3.94. The van der Waals surface area contributed by atoms with Crippen molar-refractivity contribution in [2.24, 2.45) is 7.05 Å². The Bertz CT molecular complexity index is 844. The molecule has 0 radical (unpaired) electrons. The van der Waals surface area contributed by atoms with E-state index in [9.17, 15) is 9.59 Å². The summed E-state index contributed by atoms with van der Waals surface area (Å²) in [5.41, 5.74) is 3.13. The van der Waals surface area contributed by atoms with Crippen LogP contribution in [-0.2, 0) is 24.8 Å². The normalized spacial score (nSPS) is 19.2. The van der Waals surface area contributed by atoms with Crippen LogP contribution in [0, 0.1) is 6.92 Å². The molecule has 2 amide bonds. The van der Waals surface area contributed by atoms with E-state index in [2.05, 4.69) is 25.9 Å². The number of amides is 2. The second kappa shape index (κ2) is 7.08. The molecule has 1 saturated heterocycles. The molecule has 0 aromatic carbocycles. The van der Waals surface area contributed by atoms with Crippen LogP contribution in [-0.4, -0.2) is 50.9 Å². The predicted octanol–water partition coefficient (Wildman–Crippen LogP) is 0.0544. The molecule has 0 aliphatic carbocycles. The van der Waals surface area contributed by atoms with E-state index >= 15 is 0 Å². The summed E-state index contributed by atoms with van der Waals surface area (Å²) in [6.07, 6.45) is 1.39. The van der Waals surface area contributed by atoms with Crippen molar-refractivity contribution in [1.29, 1.82) is 0 Å². The molecule has 2 aliphatic heterocycles. The fourth-order valence-corrected chi connectivity index (χ4v) is 3.53. The number of nitrogens with one attached hydrogen (secondary N) is 3. The molecule has 1 atom stereocenters. The van der Waals surface area contributed by atoms with Crippen molar-refractivity contribution in [3.63, 3.8) is 0 Å². The Balaban J connectivity index is 0.00000196. The summed E-state index contributed by atoms with van der Waals surface area (Å²) in [6, 6.07) is 1.34. The van der Waals surface area contributed by atoms with Gasteiger partial charge < -0.3 is 10.6 Å². The lowest BCUT2D eigenvalue weighted by Crippen LogP contribution is -2.42. The van der Waals surface area contributed by atoms with Gasteiger partial charge in [-0.2, -0.15) is 10.2 Å². The van der Waals surface area contributed by atoms with Gasteiger partial charge >= 0.3 is 0 Å². The van der Waals surface area contributed by atoms with Gasteiger partial charge in [0, 0.05) is 50.4 Å². The summed E-state index contributed by atoms with van der Waals surface area (Å²) < 4.78 is 1.69. The largest absolute Gasteiger partial charge is 0.339 e. The molecule has 140 valence electrons. The van der Waals surface area contributed by atoms with E-state index in [1.807, 2.05) is 20.0 Å². The quantitative estimate of drug-likeness (QED) is 0.698. The number of hydrogen-bond acceptors (Lipinski definition) is 5. The van der Waals surface area contributed by atoms with Crippen LogP contribution in [0.3, 0.4) is 0 Å². The van der Waals surface area contributed by atoms with Gasteiger partial charge in [0.2, 0.25) is 0 Å². The van der Waals surface area contributed by atoms with Crippen molar-refractivity contribution in [2.45, 2.75) is 32.4 Å². The first-order valence-electron chi connectivity index (χ1n) is 8.44. The topological polar surface area (TPSA) is 108 Å². The zero-order valence-corrected chi connectivity index (χ0v) is 15.5. The molecule has 2 aromatic heterocycles. The highest BCUT2D eigenvalue weighted by atomic mass is 35.5. The predicted molar refractivity (Wildman–Crippen MR) is 97.4 cm³/mol. The number of H-pyrrole nitrogens is 1. The third kappa shape index (κ3) is 3.08. The molecule has 10 heteroatoms.